The smallest absolute Gasteiger partial charge is 0.157 e. The van der Waals surface area contributed by atoms with Gasteiger partial charge in [-0.3, -0.25) is 4.99 Å². The quantitative estimate of drug-likeness (QED) is 0.0956. The van der Waals surface area contributed by atoms with Crippen LogP contribution in [0.25, 0.3) is 22.6 Å². The monoisotopic (exact) mass is 829 g/mol. The van der Waals surface area contributed by atoms with E-state index in [2.05, 4.69) is 160 Å². The molecule has 9 rings (SSSR count). The number of halogens is 1. The summed E-state index contributed by atoms with van der Waals surface area (Å²) in [5.74, 6) is 1.55. The van der Waals surface area contributed by atoms with E-state index in [1.807, 2.05) is 71.9 Å². The average Bonchev–Trinajstić information content (AvgIpc) is 3.90. The Hall–Kier alpha value is -5.25. The third-order valence-electron chi connectivity index (χ3n) is 8.84. The van der Waals surface area contributed by atoms with Crippen molar-refractivity contribution in [1.29, 1.82) is 0 Å². The maximum Gasteiger partial charge on any atom is 0.157 e. The van der Waals surface area contributed by atoms with Crippen LogP contribution in [-0.4, -0.2) is 20.8 Å². The molecule has 2 atom stereocenters. The second-order valence-electron chi connectivity index (χ2n) is 12.2. The van der Waals surface area contributed by atoms with Crippen molar-refractivity contribution < 1.29 is 17.3 Å². The van der Waals surface area contributed by atoms with Gasteiger partial charge in [-0.05, 0) is 59.2 Å². The van der Waals surface area contributed by atoms with Gasteiger partial charge in [0.15, 0.2) is 5.82 Å². The van der Waals surface area contributed by atoms with Crippen LogP contribution >= 0.6 is 17.6 Å². The largest absolute Gasteiger partial charge is 0.359 e. The third kappa shape index (κ3) is 9.09. The second-order valence-corrected chi connectivity index (χ2v) is 14.4. The summed E-state index contributed by atoms with van der Waals surface area (Å²) in [6, 6.07) is 67.2. The molecule has 5 nitrogen and oxygen atoms in total. The Morgan fingerprint density at radius 1 is 0.481 bits per heavy atom. The molecule has 0 bridgehead atoms. The van der Waals surface area contributed by atoms with E-state index in [1.54, 1.807) is 0 Å². The van der Waals surface area contributed by atoms with E-state index in [-0.39, 0.29) is 19.5 Å². The number of amidine groups is 1. The predicted molar refractivity (Wildman–Crippen MR) is 225 cm³/mol. The van der Waals surface area contributed by atoms with Crippen molar-refractivity contribution in [3.8, 4) is 11.5 Å². The van der Waals surface area contributed by atoms with Crippen molar-refractivity contribution in [1.82, 2.24) is 20.3 Å². The Morgan fingerprint density at radius 3 is 1.48 bits per heavy atom. The number of H-pyrrole nitrogens is 1. The first-order valence-electron chi connectivity index (χ1n) is 17.3. The van der Waals surface area contributed by atoms with E-state index in [0.29, 0.717) is 0 Å². The summed E-state index contributed by atoms with van der Waals surface area (Å²) < 4.78 is 0. The molecule has 54 heavy (non-hydrogen) atoms. The molecule has 0 unspecified atom stereocenters. The number of benzene rings is 6. The number of rotatable bonds is 7. The molecule has 0 radical (unpaired) electrons. The number of para-hydroxylation sites is 2. The average molecular weight is 829 g/mol. The van der Waals surface area contributed by atoms with Gasteiger partial charge in [0.1, 0.15) is 23.3 Å². The first kappa shape index (κ1) is 38.5. The fraction of sp³-hybridized carbons (Fsp3) is 0.0435. The second kappa shape index (κ2) is 19.2. The first-order valence-corrected chi connectivity index (χ1v) is 20.8. The number of imidazole rings is 1. The van der Waals surface area contributed by atoms with Gasteiger partial charge in [-0.15, -0.1) is 0 Å². The van der Waals surface area contributed by atoms with Crippen molar-refractivity contribution in [2.24, 2.45) is 4.99 Å². The van der Waals surface area contributed by atoms with Gasteiger partial charge in [0.2, 0.25) is 0 Å². The van der Waals surface area contributed by atoms with E-state index in [4.69, 9.17) is 15.0 Å². The van der Waals surface area contributed by atoms with E-state index in [9.17, 15) is 0 Å². The fourth-order valence-corrected chi connectivity index (χ4v) is 8.72. The zero-order chi connectivity index (χ0) is 36.2. The zero-order valence-electron chi connectivity index (χ0n) is 29.7. The molecule has 0 saturated heterocycles. The van der Waals surface area contributed by atoms with Crippen molar-refractivity contribution >= 4 is 50.4 Å². The van der Waals surface area contributed by atoms with Crippen LogP contribution in [-0.2, 0) is 17.3 Å². The number of pyridine rings is 1. The molecule has 2 N–H and O–H groups in total. The Labute approximate surface area is 333 Å². The third-order valence-corrected chi connectivity index (χ3v) is 11.3. The summed E-state index contributed by atoms with van der Waals surface area (Å²) in [5, 5.41) is 7.83. The molecular formula is C46H39ClN5PRu. The molecule has 2 aromatic heterocycles. The molecule has 0 spiro atoms. The number of hydrogen-bond acceptors (Lipinski definition) is 4. The maximum atomic E-state index is 5.08. The molecule has 0 amide bonds. The van der Waals surface area contributed by atoms with E-state index < -0.39 is 7.92 Å². The minimum atomic E-state index is -0.446. The van der Waals surface area contributed by atoms with Gasteiger partial charge >= 0.3 is 27.0 Å². The summed E-state index contributed by atoms with van der Waals surface area (Å²) in [7, 11) is 4.12. The van der Waals surface area contributed by atoms with E-state index >= 15 is 0 Å². The van der Waals surface area contributed by atoms with Gasteiger partial charge in [-0.1, -0.05) is 170 Å². The van der Waals surface area contributed by atoms with Gasteiger partial charge in [0, 0.05) is 0 Å². The molecule has 0 aliphatic carbocycles. The first-order chi connectivity index (χ1) is 26.3. The van der Waals surface area contributed by atoms with Crippen LogP contribution < -0.4 is 21.2 Å². The van der Waals surface area contributed by atoms with Crippen molar-refractivity contribution in [2.75, 3.05) is 0 Å². The Kier molecular flexibility index (Phi) is 13.7. The molecule has 1 aliphatic rings. The van der Waals surface area contributed by atoms with Crippen molar-refractivity contribution in [2.45, 2.75) is 12.1 Å². The zero-order valence-corrected chi connectivity index (χ0v) is 33.0. The van der Waals surface area contributed by atoms with Gasteiger partial charge in [0.25, 0.3) is 0 Å². The molecule has 1 aliphatic heterocycles. The minimum absolute atomic E-state index is 0. The SMILES string of the molecule is [CH3-].[Cl][Ru+].c1ccc(P(c2ccccc2)c2ccccc2)cc1.c1ccc([C@@H]2N=C(c3cccc(-c4nc5ccccc5[nH]4)n3)N[C@H]2c2ccccc2)cc1. The number of aromatic nitrogens is 3. The number of aromatic amines is 1. The van der Waals surface area contributed by atoms with Gasteiger partial charge in [-0.25, -0.2) is 9.97 Å². The molecule has 0 fully saturated rings. The van der Waals surface area contributed by atoms with Crippen LogP contribution in [0.3, 0.4) is 0 Å². The van der Waals surface area contributed by atoms with Crippen molar-refractivity contribution in [3.05, 3.63) is 218 Å². The van der Waals surface area contributed by atoms with E-state index in [0.717, 1.165) is 34.1 Å². The summed E-state index contributed by atoms with van der Waals surface area (Å²) in [5.41, 5.74) is 5.91. The molecule has 8 heteroatoms. The number of nitrogens with one attached hydrogen (secondary N) is 2. The van der Waals surface area contributed by atoms with Gasteiger partial charge in [-0.2, -0.15) is 0 Å². The normalized spacial score (nSPS) is 14.4. The summed E-state index contributed by atoms with van der Waals surface area (Å²) in [4.78, 5) is 18.0. The number of nitrogens with zero attached hydrogens (tertiary/aromatic N) is 3. The summed E-state index contributed by atoms with van der Waals surface area (Å²) in [6.45, 7) is 0. The molecular weight excluding hydrogens is 790 g/mol. The van der Waals surface area contributed by atoms with Gasteiger partial charge < -0.3 is 17.7 Å². The standard InChI is InChI=1S/C27H21N5.C18H15P.CH3.ClH.Ru/c1-3-10-18(11-4-1)24-25(19-12-5-2-6-13-19)32-27(31-24)23-17-9-16-22(28-23)26-29-20-14-7-8-15-21(20)30-26;1-4-10-16(11-5-1)19(17-12-6-2-7-13-17)18-14-8-3-9-15-18;;;/h1-17,24-25H,(H,29,30)(H,31,32);1-15H;1H3;1H;/q;;-1;;+2/p-1/t24-,25-;;;;/m0..../s1. The van der Waals surface area contributed by atoms with Crippen molar-refractivity contribution in [3.63, 3.8) is 0 Å². The van der Waals surface area contributed by atoms with Crippen LogP contribution in [0.5, 0.6) is 0 Å². The molecule has 3 heterocycles. The van der Waals surface area contributed by atoms with Crippen LogP contribution in [0.15, 0.2) is 199 Å². The Balaban J connectivity index is 0.000000194. The Bertz CT molecular complexity index is 2230. The maximum absolute atomic E-state index is 5.08. The van der Waals surface area contributed by atoms with Crippen LogP contribution in [0.2, 0.25) is 0 Å². The molecule has 268 valence electrons. The van der Waals surface area contributed by atoms with Crippen LogP contribution in [0, 0.1) is 7.43 Å². The van der Waals surface area contributed by atoms with Crippen LogP contribution in [0.4, 0.5) is 0 Å². The summed E-state index contributed by atoms with van der Waals surface area (Å²) in [6.07, 6.45) is 0. The van der Waals surface area contributed by atoms with Crippen LogP contribution in [0.1, 0.15) is 28.9 Å². The summed E-state index contributed by atoms with van der Waals surface area (Å²) >= 11 is 1.82. The minimum Gasteiger partial charge on any atom is -0.359 e. The molecule has 8 aromatic rings. The molecule has 0 saturated carbocycles. The number of aliphatic imine (C=N–C) groups is 1. The topological polar surface area (TPSA) is 66.0 Å². The predicted octanol–water partition coefficient (Wildman–Crippen LogP) is 10.0. The van der Waals surface area contributed by atoms with E-state index in [1.165, 1.54) is 27.0 Å². The number of fused-ring (bicyclic) bond motifs is 1. The number of hydrogen-bond donors (Lipinski definition) is 2. The van der Waals surface area contributed by atoms with Gasteiger partial charge in [0.05, 0.1) is 17.1 Å². The Morgan fingerprint density at radius 2 is 0.944 bits per heavy atom. The fourth-order valence-electron chi connectivity index (χ4n) is 6.41. The molecule has 6 aromatic carbocycles.